The van der Waals surface area contributed by atoms with Crippen LogP contribution >= 0.6 is 15.9 Å². The molecule has 3 rings (SSSR count). The maximum Gasteiger partial charge on any atom is 0.283 e. The van der Waals surface area contributed by atoms with Crippen LogP contribution in [0.5, 0.6) is 5.75 Å². The van der Waals surface area contributed by atoms with Gasteiger partial charge < -0.3 is 14.1 Å². The first kappa shape index (κ1) is 29.3. The van der Waals surface area contributed by atoms with Crippen LogP contribution in [0.1, 0.15) is 41.5 Å². The third-order valence-electron chi connectivity index (χ3n) is 5.84. The maximum absolute atomic E-state index is 6.80. The van der Waals surface area contributed by atoms with Gasteiger partial charge in [-0.1, -0.05) is 124 Å². The summed E-state index contributed by atoms with van der Waals surface area (Å²) >= 11 is 3.50. The molecule has 35 heavy (non-hydrogen) atoms. The van der Waals surface area contributed by atoms with Crippen LogP contribution in [0.4, 0.5) is 0 Å². The summed E-state index contributed by atoms with van der Waals surface area (Å²) in [7, 11) is -1.38. The molecule has 0 bridgehead atoms. The highest BCUT2D eigenvalue weighted by Gasteiger charge is 2.31. The fraction of sp³-hybridized carbons (Fsp3) is 0.400. The molecule has 5 heteroatoms. The first-order chi connectivity index (χ1) is 16.8. The molecule has 3 aromatic rings. The minimum Gasteiger partial charge on any atom is -0.491 e. The Morgan fingerprint density at radius 3 is 1.69 bits per heavy atom. The van der Waals surface area contributed by atoms with Gasteiger partial charge in [0.2, 0.25) is 0 Å². The molecule has 0 aliphatic carbocycles. The molecule has 0 N–H and O–H groups in total. The predicted molar refractivity (Wildman–Crippen MR) is 155 cm³/mol. The molecule has 0 saturated carbocycles. The smallest absolute Gasteiger partial charge is 0.283 e. The summed E-state index contributed by atoms with van der Waals surface area (Å²) in [6, 6.07) is 29.0. The van der Waals surface area contributed by atoms with E-state index in [0.717, 1.165) is 10.2 Å². The molecule has 0 amide bonds. The Morgan fingerprint density at radius 1 is 0.771 bits per heavy atom. The van der Waals surface area contributed by atoms with E-state index in [2.05, 4.69) is 111 Å². The van der Waals surface area contributed by atoms with Crippen molar-refractivity contribution < 1.29 is 9.16 Å². The average molecular weight is 556 g/mol. The molecule has 0 aromatic heterocycles. The molecular weight excluding hydrogens is 514 g/mol. The largest absolute Gasteiger partial charge is 0.491 e. The lowest BCUT2D eigenvalue weighted by molar-refractivity contribution is 0.0435. The van der Waals surface area contributed by atoms with Crippen LogP contribution in [0.15, 0.2) is 89.4 Å². The highest BCUT2D eigenvalue weighted by atomic mass is 79.9. The molecule has 1 atom stereocenters. The van der Waals surface area contributed by atoms with E-state index in [1.807, 2.05) is 36.4 Å². The number of nitrogens with zero attached hydrogens (tertiary/aromatic N) is 1. The van der Waals surface area contributed by atoms with Gasteiger partial charge in [-0.2, -0.15) is 0 Å². The first-order valence-corrected chi connectivity index (χ1v) is 14.7. The van der Waals surface area contributed by atoms with Crippen molar-refractivity contribution in [3.63, 3.8) is 0 Å². The van der Waals surface area contributed by atoms with Crippen molar-refractivity contribution in [2.24, 2.45) is 5.41 Å². The number of ether oxygens (including phenoxy) is 1. The molecule has 0 aliphatic heterocycles. The van der Waals surface area contributed by atoms with Crippen LogP contribution in [0.2, 0.25) is 0 Å². The fourth-order valence-corrected chi connectivity index (χ4v) is 6.16. The molecule has 0 aliphatic rings. The van der Waals surface area contributed by atoms with Crippen LogP contribution in [0.25, 0.3) is 0 Å². The Bertz CT molecular complexity index is 914. The predicted octanol–water partition coefficient (Wildman–Crippen LogP) is 6.41. The molecule has 3 aromatic carbocycles. The second-order valence-corrected chi connectivity index (χ2v) is 12.4. The first-order valence-electron chi connectivity index (χ1n) is 12.5. The summed E-state index contributed by atoms with van der Waals surface area (Å²) in [5, 5.41) is 2.49. The quantitative estimate of drug-likeness (QED) is 0.270. The van der Waals surface area contributed by atoms with Gasteiger partial charge in [0.1, 0.15) is 12.4 Å². The molecule has 189 valence electrons. The zero-order chi connectivity index (χ0) is 25.7. The van der Waals surface area contributed by atoms with E-state index in [0.29, 0.717) is 6.61 Å². The maximum atomic E-state index is 6.80. The molecule has 0 heterocycles. The van der Waals surface area contributed by atoms with Crippen LogP contribution in [-0.4, -0.2) is 46.3 Å². The van der Waals surface area contributed by atoms with Crippen molar-refractivity contribution in [2.75, 3.05) is 26.2 Å². The molecule has 1 unspecified atom stereocenters. The van der Waals surface area contributed by atoms with Crippen LogP contribution < -0.4 is 15.1 Å². The molecule has 3 nitrogen and oxygen atoms in total. The SMILES string of the molecule is CC(C)(C)C(COc1cccc(Br)c1)O[Si](c1ccccc1)c1ccccc1.CCN(CC)CC. The Balaban J connectivity index is 0.000000540. The average Bonchev–Trinajstić information content (AvgIpc) is 2.86. The van der Waals surface area contributed by atoms with Crippen molar-refractivity contribution in [1.29, 1.82) is 0 Å². The summed E-state index contributed by atoms with van der Waals surface area (Å²) in [6.45, 7) is 17.3. The van der Waals surface area contributed by atoms with Crippen molar-refractivity contribution in [3.8, 4) is 5.75 Å². The lowest BCUT2D eigenvalue weighted by Crippen LogP contribution is -2.51. The molecule has 0 fully saturated rings. The van der Waals surface area contributed by atoms with E-state index >= 15 is 0 Å². The number of rotatable bonds is 10. The normalized spacial score (nSPS) is 12.3. The van der Waals surface area contributed by atoms with Gasteiger partial charge in [0.15, 0.2) is 0 Å². The molecule has 0 saturated heterocycles. The minimum absolute atomic E-state index is 0.0409. The van der Waals surface area contributed by atoms with Crippen molar-refractivity contribution in [1.82, 2.24) is 4.90 Å². The van der Waals surface area contributed by atoms with Gasteiger partial charge >= 0.3 is 0 Å². The topological polar surface area (TPSA) is 21.7 Å². The van der Waals surface area contributed by atoms with Gasteiger partial charge in [0, 0.05) is 4.47 Å². The van der Waals surface area contributed by atoms with Crippen LogP contribution in [-0.2, 0) is 4.43 Å². The fourth-order valence-electron chi connectivity index (χ4n) is 3.48. The van der Waals surface area contributed by atoms with Gasteiger partial charge in [0.05, 0.1) is 6.10 Å². The van der Waals surface area contributed by atoms with E-state index in [4.69, 9.17) is 9.16 Å². The van der Waals surface area contributed by atoms with Crippen molar-refractivity contribution >= 4 is 35.3 Å². The number of benzene rings is 3. The number of hydrogen-bond donors (Lipinski definition) is 0. The molecule has 0 spiro atoms. The number of halogens is 1. The summed E-state index contributed by atoms with van der Waals surface area (Å²) < 4.78 is 13.9. The van der Waals surface area contributed by atoms with Gasteiger partial charge in [-0.3, -0.25) is 0 Å². The lowest BCUT2D eigenvalue weighted by Gasteiger charge is -2.33. The highest BCUT2D eigenvalue weighted by Crippen LogP contribution is 2.25. The van der Waals surface area contributed by atoms with E-state index < -0.39 is 9.04 Å². The second-order valence-electron chi connectivity index (χ2n) is 9.42. The minimum atomic E-state index is -1.38. The Kier molecular flexibility index (Phi) is 12.8. The van der Waals surface area contributed by atoms with E-state index in [-0.39, 0.29) is 11.5 Å². The molecular formula is C30H41BrNO2Si. The van der Waals surface area contributed by atoms with Gasteiger partial charge in [0.25, 0.3) is 9.04 Å². The zero-order valence-electron chi connectivity index (χ0n) is 22.1. The molecule has 1 radical (unpaired) electrons. The summed E-state index contributed by atoms with van der Waals surface area (Å²) in [4.78, 5) is 2.38. The second kappa shape index (κ2) is 15.2. The van der Waals surface area contributed by atoms with Gasteiger partial charge in [-0.05, 0) is 53.6 Å². The van der Waals surface area contributed by atoms with E-state index in [1.165, 1.54) is 30.0 Å². The van der Waals surface area contributed by atoms with Crippen molar-refractivity contribution in [3.05, 3.63) is 89.4 Å². The van der Waals surface area contributed by atoms with Gasteiger partial charge in [-0.15, -0.1) is 0 Å². The third-order valence-corrected chi connectivity index (χ3v) is 8.57. The zero-order valence-corrected chi connectivity index (χ0v) is 24.7. The summed E-state index contributed by atoms with van der Waals surface area (Å²) in [5.74, 6) is 0.848. The monoisotopic (exact) mass is 554 g/mol. The van der Waals surface area contributed by atoms with Gasteiger partial charge in [-0.25, -0.2) is 0 Å². The Labute approximate surface area is 223 Å². The Hall–Kier alpha value is -1.92. The summed E-state index contributed by atoms with van der Waals surface area (Å²) in [5.41, 5.74) is -0.0501. The summed E-state index contributed by atoms with van der Waals surface area (Å²) in [6.07, 6.45) is -0.0409. The van der Waals surface area contributed by atoms with Crippen LogP contribution in [0, 0.1) is 5.41 Å². The third kappa shape index (κ3) is 10.3. The van der Waals surface area contributed by atoms with E-state index in [1.54, 1.807) is 0 Å². The van der Waals surface area contributed by atoms with Crippen molar-refractivity contribution in [2.45, 2.75) is 47.6 Å². The number of hydrogen-bond acceptors (Lipinski definition) is 3. The lowest BCUT2D eigenvalue weighted by atomic mass is 9.90. The van der Waals surface area contributed by atoms with E-state index in [9.17, 15) is 0 Å². The standard InChI is InChI=1S/C24H26BrO2Si.C6H15N/c1-24(2,3)23(18-26-20-12-10-11-19(25)17-20)27-28(21-13-6-4-7-14-21)22-15-8-5-9-16-22;1-4-7(5-2)6-3/h4-17,23H,18H2,1-3H3;4-6H2,1-3H3. The highest BCUT2D eigenvalue weighted by molar-refractivity contribution is 9.10. The van der Waals surface area contributed by atoms with Crippen LogP contribution in [0.3, 0.4) is 0 Å². The Morgan fingerprint density at radius 2 is 1.29 bits per heavy atom.